The fourth-order valence-corrected chi connectivity index (χ4v) is 4.80. The first-order valence-electron chi connectivity index (χ1n) is 10.8. The molecule has 8 nitrogen and oxygen atoms in total. The zero-order chi connectivity index (χ0) is 19.6. The standard InChI is InChI=1S/C21H30N6O2/c1-25-9-6-17(7-10-25)27-8-2-3-18(27)21-23-20(24-29-21)16-4-5-19(22-15-16)26-11-13-28-14-12-26/h4-5,15,17-18H,2-3,6-14H2,1H3/t18-/m0/s1. The van der Waals surface area contributed by atoms with Gasteiger partial charge in [-0.15, -0.1) is 0 Å². The number of rotatable bonds is 4. The molecule has 0 bridgehead atoms. The molecule has 0 radical (unpaired) electrons. The number of anilines is 1. The number of likely N-dealkylation sites (tertiary alicyclic amines) is 2. The van der Waals surface area contributed by atoms with Gasteiger partial charge in [0.15, 0.2) is 0 Å². The second-order valence-electron chi connectivity index (χ2n) is 8.39. The van der Waals surface area contributed by atoms with Crippen LogP contribution in [0.15, 0.2) is 22.9 Å². The van der Waals surface area contributed by atoms with Gasteiger partial charge >= 0.3 is 0 Å². The van der Waals surface area contributed by atoms with Crippen LogP contribution in [0.3, 0.4) is 0 Å². The average molecular weight is 399 g/mol. The lowest BCUT2D eigenvalue weighted by Gasteiger charge is -2.37. The number of hydrogen-bond acceptors (Lipinski definition) is 8. The molecule has 156 valence electrons. The second kappa shape index (κ2) is 8.38. The van der Waals surface area contributed by atoms with Gasteiger partial charge in [0.2, 0.25) is 11.7 Å². The summed E-state index contributed by atoms with van der Waals surface area (Å²) in [5.41, 5.74) is 0.904. The van der Waals surface area contributed by atoms with E-state index in [1.807, 2.05) is 18.3 Å². The summed E-state index contributed by atoms with van der Waals surface area (Å²) in [6.45, 7) is 6.75. The largest absolute Gasteiger partial charge is 0.378 e. The van der Waals surface area contributed by atoms with E-state index in [0.717, 1.165) is 56.5 Å². The van der Waals surface area contributed by atoms with Crippen LogP contribution in [0.4, 0.5) is 5.82 Å². The van der Waals surface area contributed by atoms with Gasteiger partial charge in [0.05, 0.1) is 19.3 Å². The van der Waals surface area contributed by atoms with Gasteiger partial charge in [-0.25, -0.2) is 4.98 Å². The zero-order valence-corrected chi connectivity index (χ0v) is 17.2. The third kappa shape index (κ3) is 4.01. The monoisotopic (exact) mass is 398 g/mol. The number of morpholine rings is 1. The summed E-state index contributed by atoms with van der Waals surface area (Å²) in [6.07, 6.45) is 6.59. The minimum atomic E-state index is 0.255. The van der Waals surface area contributed by atoms with E-state index in [4.69, 9.17) is 14.2 Å². The number of hydrogen-bond donors (Lipinski definition) is 0. The molecule has 5 rings (SSSR count). The van der Waals surface area contributed by atoms with E-state index >= 15 is 0 Å². The van der Waals surface area contributed by atoms with E-state index in [1.54, 1.807) is 0 Å². The molecule has 29 heavy (non-hydrogen) atoms. The lowest BCUT2D eigenvalue weighted by atomic mass is 10.0. The minimum Gasteiger partial charge on any atom is -0.378 e. The van der Waals surface area contributed by atoms with Crippen molar-refractivity contribution in [2.75, 3.05) is 57.9 Å². The van der Waals surface area contributed by atoms with Crippen LogP contribution in [-0.4, -0.2) is 84.0 Å². The first-order chi connectivity index (χ1) is 14.3. The van der Waals surface area contributed by atoms with Gasteiger partial charge in [0.1, 0.15) is 5.82 Å². The Morgan fingerprint density at radius 3 is 2.59 bits per heavy atom. The summed E-state index contributed by atoms with van der Waals surface area (Å²) < 4.78 is 11.1. The Labute approximate surface area is 171 Å². The molecule has 0 aromatic carbocycles. The van der Waals surface area contributed by atoms with E-state index in [2.05, 4.69) is 31.9 Å². The third-order valence-corrected chi connectivity index (χ3v) is 6.52. The first-order valence-corrected chi connectivity index (χ1v) is 10.8. The van der Waals surface area contributed by atoms with Crippen LogP contribution in [-0.2, 0) is 4.74 Å². The minimum absolute atomic E-state index is 0.255. The van der Waals surface area contributed by atoms with Gasteiger partial charge in [-0.3, -0.25) is 4.90 Å². The topological polar surface area (TPSA) is 70.8 Å². The molecule has 0 aliphatic carbocycles. The van der Waals surface area contributed by atoms with Crippen molar-refractivity contribution < 1.29 is 9.26 Å². The molecule has 3 saturated heterocycles. The van der Waals surface area contributed by atoms with Gasteiger partial charge in [-0.05, 0) is 64.5 Å². The maximum Gasteiger partial charge on any atom is 0.244 e. The van der Waals surface area contributed by atoms with Gasteiger partial charge in [0, 0.05) is 30.9 Å². The van der Waals surface area contributed by atoms with Crippen LogP contribution in [0.5, 0.6) is 0 Å². The van der Waals surface area contributed by atoms with Crippen molar-refractivity contribution in [3.05, 3.63) is 24.2 Å². The molecule has 8 heteroatoms. The normalized spacial score (nSPS) is 25.0. The highest BCUT2D eigenvalue weighted by Gasteiger charge is 2.36. The molecule has 3 aliphatic rings. The van der Waals surface area contributed by atoms with E-state index in [-0.39, 0.29) is 6.04 Å². The lowest BCUT2D eigenvalue weighted by Crippen LogP contribution is -2.43. The van der Waals surface area contributed by atoms with E-state index < -0.39 is 0 Å². The Morgan fingerprint density at radius 1 is 1.00 bits per heavy atom. The molecule has 0 saturated carbocycles. The number of pyridine rings is 1. The quantitative estimate of drug-likeness (QED) is 0.776. The first kappa shape index (κ1) is 19.0. The maximum absolute atomic E-state index is 5.72. The molecule has 2 aromatic rings. The van der Waals surface area contributed by atoms with Crippen molar-refractivity contribution in [3.8, 4) is 11.4 Å². The van der Waals surface area contributed by atoms with Crippen molar-refractivity contribution in [1.29, 1.82) is 0 Å². The summed E-state index contributed by atoms with van der Waals surface area (Å²) in [5, 5.41) is 4.27. The predicted octanol–water partition coefficient (Wildman–Crippen LogP) is 2.20. The summed E-state index contributed by atoms with van der Waals surface area (Å²) in [5.74, 6) is 2.37. The van der Waals surface area contributed by atoms with Gasteiger partial charge in [-0.1, -0.05) is 5.16 Å². The van der Waals surface area contributed by atoms with Crippen LogP contribution in [0, 0.1) is 0 Å². The Bertz CT molecular complexity index is 796. The molecule has 3 fully saturated rings. The van der Waals surface area contributed by atoms with Gasteiger partial charge in [0.25, 0.3) is 0 Å². The average Bonchev–Trinajstić information content (AvgIpc) is 3.45. The Morgan fingerprint density at radius 2 is 1.83 bits per heavy atom. The molecule has 1 atom stereocenters. The Balaban J connectivity index is 1.28. The highest BCUT2D eigenvalue weighted by Crippen LogP contribution is 2.36. The van der Waals surface area contributed by atoms with Crippen LogP contribution < -0.4 is 4.90 Å². The SMILES string of the molecule is CN1CCC(N2CCC[C@H]2c2nc(-c3ccc(N4CCOCC4)nc3)no2)CC1. The lowest BCUT2D eigenvalue weighted by molar-refractivity contribution is 0.0958. The molecular weight excluding hydrogens is 368 g/mol. The summed E-state index contributed by atoms with van der Waals surface area (Å²) in [4.78, 5) is 16.6. The fourth-order valence-electron chi connectivity index (χ4n) is 4.80. The van der Waals surface area contributed by atoms with Crippen molar-refractivity contribution >= 4 is 5.82 Å². The van der Waals surface area contributed by atoms with Crippen molar-refractivity contribution in [1.82, 2.24) is 24.9 Å². The van der Waals surface area contributed by atoms with E-state index in [1.165, 1.54) is 32.4 Å². The maximum atomic E-state index is 5.72. The second-order valence-corrected chi connectivity index (χ2v) is 8.39. The molecule has 0 spiro atoms. The summed E-state index contributed by atoms with van der Waals surface area (Å²) in [6, 6.07) is 4.96. The molecular formula is C21H30N6O2. The fraction of sp³-hybridized carbons (Fsp3) is 0.667. The molecule has 5 heterocycles. The van der Waals surface area contributed by atoms with Crippen molar-refractivity contribution in [2.24, 2.45) is 0 Å². The molecule has 3 aliphatic heterocycles. The van der Waals surface area contributed by atoms with Crippen LogP contribution in [0.2, 0.25) is 0 Å². The predicted molar refractivity (Wildman–Crippen MR) is 110 cm³/mol. The van der Waals surface area contributed by atoms with E-state index in [9.17, 15) is 0 Å². The molecule has 0 amide bonds. The molecule has 2 aromatic heterocycles. The number of ether oxygens (including phenoxy) is 1. The number of nitrogens with zero attached hydrogens (tertiary/aromatic N) is 6. The van der Waals surface area contributed by atoms with Gasteiger partial charge < -0.3 is 19.1 Å². The van der Waals surface area contributed by atoms with Gasteiger partial charge in [-0.2, -0.15) is 4.98 Å². The summed E-state index contributed by atoms with van der Waals surface area (Å²) in [7, 11) is 2.21. The molecule has 0 N–H and O–H groups in total. The van der Waals surface area contributed by atoms with Crippen LogP contribution >= 0.6 is 0 Å². The number of aromatic nitrogens is 3. The smallest absolute Gasteiger partial charge is 0.244 e. The van der Waals surface area contributed by atoms with E-state index in [0.29, 0.717) is 11.9 Å². The highest BCUT2D eigenvalue weighted by atomic mass is 16.5. The third-order valence-electron chi connectivity index (χ3n) is 6.52. The summed E-state index contributed by atoms with van der Waals surface area (Å²) >= 11 is 0. The van der Waals surface area contributed by atoms with Crippen molar-refractivity contribution in [3.63, 3.8) is 0 Å². The van der Waals surface area contributed by atoms with Crippen LogP contribution in [0.25, 0.3) is 11.4 Å². The Hall–Kier alpha value is -2.03. The Kier molecular flexibility index (Phi) is 5.48. The zero-order valence-electron chi connectivity index (χ0n) is 17.2. The van der Waals surface area contributed by atoms with Crippen LogP contribution in [0.1, 0.15) is 37.6 Å². The molecule has 0 unspecified atom stereocenters. The highest BCUT2D eigenvalue weighted by molar-refractivity contribution is 5.56. The van der Waals surface area contributed by atoms with Crippen molar-refractivity contribution in [2.45, 2.75) is 37.8 Å². The number of piperidine rings is 1.